The smallest absolute Gasteiger partial charge is 0.155 e. The predicted octanol–water partition coefficient (Wildman–Crippen LogP) is 4.41. The molecule has 1 unspecified atom stereocenters. The fraction of sp³-hybridized carbons (Fsp3) is 0.261. The third kappa shape index (κ3) is 3.89. The van der Waals surface area contributed by atoms with Crippen LogP contribution in [0.4, 0.5) is 0 Å². The summed E-state index contributed by atoms with van der Waals surface area (Å²) in [7, 11) is 0. The van der Waals surface area contributed by atoms with Gasteiger partial charge in [-0.05, 0) is 36.1 Å². The number of nitrogens with one attached hydrogen (secondary N) is 1. The highest BCUT2D eigenvalue weighted by Gasteiger charge is 2.26. The molecule has 1 aliphatic heterocycles. The molecule has 3 aromatic rings. The van der Waals surface area contributed by atoms with Crippen LogP contribution >= 0.6 is 0 Å². The normalized spacial score (nSPS) is 17.4. The molecular formula is C23H23N3O. The Balaban J connectivity index is 1.41. The number of rotatable bonds is 6. The average molecular weight is 357 g/mol. The first-order valence-electron chi connectivity index (χ1n) is 9.40. The minimum absolute atomic E-state index is 0.312. The summed E-state index contributed by atoms with van der Waals surface area (Å²) in [6.07, 6.45) is 5.97. The van der Waals surface area contributed by atoms with E-state index in [1.807, 2.05) is 36.4 Å². The summed E-state index contributed by atoms with van der Waals surface area (Å²) in [5, 5.41) is 11.0. The molecule has 27 heavy (non-hydrogen) atoms. The van der Waals surface area contributed by atoms with Gasteiger partial charge in [0.25, 0.3) is 0 Å². The highest BCUT2D eigenvalue weighted by atomic mass is 16.5. The molecule has 4 heteroatoms. The molecule has 0 amide bonds. The van der Waals surface area contributed by atoms with Crippen molar-refractivity contribution in [3.63, 3.8) is 0 Å². The number of ether oxygens (including phenoxy) is 1. The van der Waals surface area contributed by atoms with Gasteiger partial charge in [0.2, 0.25) is 0 Å². The lowest BCUT2D eigenvalue weighted by Gasteiger charge is -2.31. The largest absolute Gasteiger partial charge is 0.491 e. The van der Waals surface area contributed by atoms with Gasteiger partial charge in [-0.1, -0.05) is 48.5 Å². The van der Waals surface area contributed by atoms with Gasteiger partial charge < -0.3 is 9.72 Å². The summed E-state index contributed by atoms with van der Waals surface area (Å²) >= 11 is 0. The van der Waals surface area contributed by atoms with E-state index in [0.29, 0.717) is 6.61 Å². The number of aromatic amines is 1. The van der Waals surface area contributed by atoms with Gasteiger partial charge in [-0.3, -0.25) is 4.90 Å². The van der Waals surface area contributed by atoms with Gasteiger partial charge in [-0.15, -0.1) is 0 Å². The highest BCUT2D eigenvalue weighted by Crippen LogP contribution is 2.23. The molecule has 1 aliphatic rings. The number of fused-ring (bicyclic) bond motifs is 1. The lowest BCUT2D eigenvalue weighted by atomic mass is 10.1. The second-order valence-electron chi connectivity index (χ2n) is 6.85. The maximum absolute atomic E-state index is 9.74. The molecule has 0 saturated carbocycles. The first-order chi connectivity index (χ1) is 13.3. The highest BCUT2D eigenvalue weighted by molar-refractivity contribution is 5.83. The monoisotopic (exact) mass is 357 g/mol. The number of nitriles is 1. The van der Waals surface area contributed by atoms with Crippen molar-refractivity contribution >= 4 is 10.9 Å². The first-order valence-corrected chi connectivity index (χ1v) is 9.40. The van der Waals surface area contributed by atoms with E-state index < -0.39 is 0 Å². The molecule has 136 valence electrons. The Bertz CT molecular complexity index is 968. The van der Waals surface area contributed by atoms with Crippen molar-refractivity contribution in [1.82, 2.24) is 9.88 Å². The van der Waals surface area contributed by atoms with E-state index in [9.17, 15) is 5.26 Å². The van der Waals surface area contributed by atoms with E-state index in [2.05, 4.69) is 46.4 Å². The van der Waals surface area contributed by atoms with Gasteiger partial charge in [-0.2, -0.15) is 5.26 Å². The van der Waals surface area contributed by atoms with Crippen molar-refractivity contribution in [2.24, 2.45) is 0 Å². The Morgan fingerprint density at radius 1 is 1.11 bits per heavy atom. The quantitative estimate of drug-likeness (QED) is 0.711. The second-order valence-corrected chi connectivity index (χ2v) is 6.85. The first kappa shape index (κ1) is 17.4. The molecule has 0 bridgehead atoms. The van der Waals surface area contributed by atoms with Crippen molar-refractivity contribution in [1.29, 1.82) is 5.26 Å². The molecule has 0 saturated heterocycles. The number of para-hydroxylation sites is 1. The zero-order valence-corrected chi connectivity index (χ0v) is 15.3. The molecule has 2 heterocycles. The molecule has 0 fully saturated rings. The molecule has 1 N–H and O–H groups in total. The molecular weight excluding hydrogens is 334 g/mol. The molecule has 1 atom stereocenters. The Kier molecular flexibility index (Phi) is 5.22. The predicted molar refractivity (Wildman–Crippen MR) is 107 cm³/mol. The summed E-state index contributed by atoms with van der Waals surface area (Å²) in [6, 6.07) is 20.6. The number of aromatic nitrogens is 1. The standard InChI is InChI=1S/C23H23N3O/c24-15-22-23(27-17-18-7-2-1-3-8-18)11-6-13-26(22)14-12-19-16-25-21-10-5-4-9-20(19)21/h1-5,7-11,16,22,25H,6,12-14,17H2. The Morgan fingerprint density at radius 2 is 1.93 bits per heavy atom. The Hall–Kier alpha value is -3.03. The van der Waals surface area contributed by atoms with Gasteiger partial charge in [0.05, 0.1) is 6.07 Å². The Morgan fingerprint density at radius 3 is 2.78 bits per heavy atom. The van der Waals surface area contributed by atoms with Crippen molar-refractivity contribution < 1.29 is 4.74 Å². The lowest BCUT2D eigenvalue weighted by Crippen LogP contribution is -2.41. The molecule has 2 aromatic carbocycles. The van der Waals surface area contributed by atoms with Gasteiger partial charge in [0, 0.05) is 30.2 Å². The van der Waals surface area contributed by atoms with Crippen molar-refractivity contribution in [2.75, 3.05) is 13.1 Å². The fourth-order valence-electron chi connectivity index (χ4n) is 3.66. The van der Waals surface area contributed by atoms with E-state index in [1.165, 1.54) is 10.9 Å². The van der Waals surface area contributed by atoms with Crippen LogP contribution < -0.4 is 0 Å². The van der Waals surface area contributed by atoms with Gasteiger partial charge in [0.1, 0.15) is 12.4 Å². The summed E-state index contributed by atoms with van der Waals surface area (Å²) < 4.78 is 6.00. The summed E-state index contributed by atoms with van der Waals surface area (Å²) in [6.45, 7) is 2.23. The molecule has 4 nitrogen and oxygen atoms in total. The number of hydrogen-bond acceptors (Lipinski definition) is 3. The van der Waals surface area contributed by atoms with Crippen LogP contribution in [0.3, 0.4) is 0 Å². The molecule has 0 spiro atoms. The van der Waals surface area contributed by atoms with Crippen LogP contribution in [0.1, 0.15) is 17.5 Å². The van der Waals surface area contributed by atoms with Crippen molar-refractivity contribution in [3.8, 4) is 6.07 Å². The van der Waals surface area contributed by atoms with Crippen LogP contribution in [0.15, 0.2) is 72.6 Å². The molecule has 4 rings (SSSR count). The number of hydrogen-bond donors (Lipinski definition) is 1. The minimum Gasteiger partial charge on any atom is -0.491 e. The van der Waals surface area contributed by atoms with Crippen molar-refractivity contribution in [2.45, 2.75) is 25.5 Å². The SMILES string of the molecule is N#CC1C(OCc2ccccc2)=CCCN1CCc1c[nH]c2ccccc12. The van der Waals surface area contributed by atoms with Crippen molar-refractivity contribution in [3.05, 3.63) is 83.8 Å². The fourth-order valence-corrected chi connectivity index (χ4v) is 3.66. The second kappa shape index (κ2) is 8.11. The van der Waals surface area contributed by atoms with Crippen LogP contribution in [0, 0.1) is 11.3 Å². The van der Waals surface area contributed by atoms with E-state index >= 15 is 0 Å². The molecule has 0 aliphatic carbocycles. The van der Waals surface area contributed by atoms with Crippen LogP contribution in [0.5, 0.6) is 0 Å². The van der Waals surface area contributed by atoms with E-state index in [0.717, 1.165) is 42.8 Å². The van der Waals surface area contributed by atoms with Gasteiger partial charge in [0.15, 0.2) is 6.04 Å². The summed E-state index contributed by atoms with van der Waals surface area (Å²) in [4.78, 5) is 5.55. The summed E-state index contributed by atoms with van der Waals surface area (Å²) in [5.41, 5.74) is 3.57. The van der Waals surface area contributed by atoms with E-state index in [4.69, 9.17) is 4.74 Å². The van der Waals surface area contributed by atoms with Crippen LogP contribution in [-0.2, 0) is 17.8 Å². The van der Waals surface area contributed by atoms with E-state index in [1.54, 1.807) is 0 Å². The number of H-pyrrole nitrogens is 1. The third-order valence-corrected chi connectivity index (χ3v) is 5.11. The number of nitrogens with zero attached hydrogens (tertiary/aromatic N) is 2. The molecule has 0 radical (unpaired) electrons. The zero-order chi connectivity index (χ0) is 18.5. The van der Waals surface area contributed by atoms with E-state index in [-0.39, 0.29) is 6.04 Å². The van der Waals surface area contributed by atoms with Gasteiger partial charge in [-0.25, -0.2) is 0 Å². The summed E-state index contributed by atoms with van der Waals surface area (Å²) in [5.74, 6) is 0.784. The minimum atomic E-state index is -0.312. The lowest BCUT2D eigenvalue weighted by molar-refractivity contribution is 0.125. The Labute approximate surface area is 159 Å². The molecule has 1 aromatic heterocycles. The van der Waals surface area contributed by atoms with Crippen LogP contribution in [0.2, 0.25) is 0 Å². The zero-order valence-electron chi connectivity index (χ0n) is 15.3. The maximum Gasteiger partial charge on any atom is 0.155 e. The maximum atomic E-state index is 9.74. The third-order valence-electron chi connectivity index (χ3n) is 5.11. The average Bonchev–Trinajstić information content (AvgIpc) is 3.14. The van der Waals surface area contributed by atoms with Gasteiger partial charge >= 0.3 is 0 Å². The number of benzene rings is 2. The van der Waals surface area contributed by atoms with Crippen LogP contribution in [0.25, 0.3) is 10.9 Å². The van der Waals surface area contributed by atoms with Crippen LogP contribution in [-0.4, -0.2) is 29.0 Å². The topological polar surface area (TPSA) is 52.0 Å².